The van der Waals surface area contributed by atoms with Gasteiger partial charge in [0, 0.05) is 25.5 Å². The molecular weight excluding hydrogens is 340 g/mol. The molecule has 10 nitrogen and oxygen atoms in total. The van der Waals surface area contributed by atoms with Crippen LogP contribution in [0.4, 0.5) is 4.79 Å². The SMILES string of the molecule is O=C(NCc1cccnc1)C1CC[C@@H]2CN1C(=O)N2OS(=O)(=O)O. The van der Waals surface area contributed by atoms with E-state index in [2.05, 4.69) is 14.6 Å². The van der Waals surface area contributed by atoms with Gasteiger partial charge in [-0.3, -0.25) is 14.3 Å². The van der Waals surface area contributed by atoms with Crippen molar-refractivity contribution in [1.29, 1.82) is 0 Å². The lowest BCUT2D eigenvalue weighted by Gasteiger charge is -2.29. The lowest BCUT2D eigenvalue weighted by Crippen LogP contribution is -2.49. The molecule has 0 saturated carbocycles. The standard InChI is InChI=1S/C13H16N4O6S/c18-12(15-7-9-2-1-5-14-6-9)11-4-3-10-8-16(11)13(19)17(10)23-24(20,21)22/h1-2,5-6,10-11H,3-4,7-8H2,(H,15,18)(H,20,21,22)/t10-,11?/m1/s1. The smallest absolute Gasteiger partial charge is 0.350 e. The van der Waals surface area contributed by atoms with Gasteiger partial charge in [-0.15, -0.1) is 4.28 Å². The van der Waals surface area contributed by atoms with E-state index in [4.69, 9.17) is 4.55 Å². The number of amides is 3. The average Bonchev–Trinajstić information content (AvgIpc) is 2.77. The Hall–Kier alpha value is -2.24. The molecule has 2 bridgehead atoms. The fourth-order valence-electron chi connectivity index (χ4n) is 2.91. The van der Waals surface area contributed by atoms with Crippen molar-refractivity contribution in [3.8, 4) is 0 Å². The maximum atomic E-state index is 12.3. The summed E-state index contributed by atoms with van der Waals surface area (Å²) in [5.41, 5.74) is 0.823. The van der Waals surface area contributed by atoms with Gasteiger partial charge in [-0.25, -0.2) is 4.79 Å². The van der Waals surface area contributed by atoms with Gasteiger partial charge >= 0.3 is 16.4 Å². The van der Waals surface area contributed by atoms with Crippen LogP contribution in [0.25, 0.3) is 0 Å². The van der Waals surface area contributed by atoms with Crippen LogP contribution in [-0.2, 0) is 26.0 Å². The minimum Gasteiger partial charge on any atom is -0.350 e. The van der Waals surface area contributed by atoms with Crippen LogP contribution >= 0.6 is 0 Å². The number of nitrogens with zero attached hydrogens (tertiary/aromatic N) is 3. The van der Waals surface area contributed by atoms with Gasteiger partial charge in [0.15, 0.2) is 0 Å². The van der Waals surface area contributed by atoms with E-state index in [1.165, 1.54) is 4.90 Å². The Balaban J connectivity index is 1.64. The predicted octanol–water partition coefficient (Wildman–Crippen LogP) is -0.299. The molecule has 2 saturated heterocycles. The number of hydroxylamine groups is 2. The molecule has 0 aromatic carbocycles. The van der Waals surface area contributed by atoms with E-state index in [-0.39, 0.29) is 19.0 Å². The molecule has 1 aromatic rings. The molecule has 1 unspecified atom stereocenters. The second-order valence-corrected chi connectivity index (χ2v) is 6.59. The fraction of sp³-hybridized carbons (Fsp3) is 0.462. The van der Waals surface area contributed by atoms with Gasteiger partial charge in [0.1, 0.15) is 6.04 Å². The first-order valence-electron chi connectivity index (χ1n) is 7.28. The normalized spacial score (nSPS) is 23.5. The van der Waals surface area contributed by atoms with Crippen molar-refractivity contribution in [3.63, 3.8) is 0 Å². The summed E-state index contributed by atoms with van der Waals surface area (Å²) in [4.78, 5) is 29.8. The zero-order chi connectivity index (χ0) is 17.3. The van der Waals surface area contributed by atoms with E-state index in [9.17, 15) is 18.0 Å². The Bertz CT molecular complexity index is 740. The van der Waals surface area contributed by atoms with Crippen molar-refractivity contribution in [2.24, 2.45) is 0 Å². The van der Waals surface area contributed by atoms with Crippen LogP contribution < -0.4 is 5.32 Å². The molecule has 2 atom stereocenters. The highest BCUT2D eigenvalue weighted by Gasteiger charge is 2.49. The first-order valence-corrected chi connectivity index (χ1v) is 8.65. The molecule has 3 heterocycles. The highest BCUT2D eigenvalue weighted by atomic mass is 32.3. The number of piperidine rings is 1. The minimum atomic E-state index is -4.79. The Labute approximate surface area is 138 Å². The number of carbonyl (C=O) groups excluding carboxylic acids is 2. The van der Waals surface area contributed by atoms with Crippen LogP contribution in [0.2, 0.25) is 0 Å². The topological polar surface area (TPSA) is 129 Å². The van der Waals surface area contributed by atoms with Gasteiger partial charge in [-0.1, -0.05) is 6.07 Å². The Morgan fingerprint density at radius 2 is 2.25 bits per heavy atom. The summed E-state index contributed by atoms with van der Waals surface area (Å²) >= 11 is 0. The first-order chi connectivity index (χ1) is 11.3. The number of nitrogens with one attached hydrogen (secondary N) is 1. The van der Waals surface area contributed by atoms with Gasteiger partial charge in [-0.2, -0.15) is 13.5 Å². The molecule has 11 heteroatoms. The second kappa shape index (κ2) is 6.34. The zero-order valence-electron chi connectivity index (χ0n) is 12.5. The van der Waals surface area contributed by atoms with Gasteiger partial charge < -0.3 is 10.2 Å². The molecule has 130 valence electrons. The quantitative estimate of drug-likeness (QED) is 0.693. The van der Waals surface area contributed by atoms with Gasteiger partial charge in [0.2, 0.25) is 5.91 Å². The molecule has 0 radical (unpaired) electrons. The molecule has 0 aliphatic carbocycles. The summed E-state index contributed by atoms with van der Waals surface area (Å²) in [6.45, 7) is 0.444. The summed E-state index contributed by atoms with van der Waals surface area (Å²) in [5, 5.41) is 3.35. The predicted molar refractivity (Wildman–Crippen MR) is 79.5 cm³/mol. The Morgan fingerprint density at radius 1 is 1.46 bits per heavy atom. The van der Waals surface area contributed by atoms with Crippen molar-refractivity contribution in [2.75, 3.05) is 6.54 Å². The van der Waals surface area contributed by atoms with Crippen LogP contribution in [-0.4, -0.2) is 58.5 Å². The van der Waals surface area contributed by atoms with Crippen molar-refractivity contribution in [3.05, 3.63) is 30.1 Å². The third kappa shape index (κ3) is 3.47. The van der Waals surface area contributed by atoms with E-state index in [1.54, 1.807) is 18.5 Å². The molecule has 3 rings (SSSR count). The van der Waals surface area contributed by atoms with Crippen LogP contribution in [0.3, 0.4) is 0 Å². The Kier molecular flexibility index (Phi) is 4.39. The number of rotatable bonds is 5. The highest BCUT2D eigenvalue weighted by Crippen LogP contribution is 2.30. The zero-order valence-corrected chi connectivity index (χ0v) is 13.3. The van der Waals surface area contributed by atoms with Crippen molar-refractivity contribution < 1.29 is 26.8 Å². The van der Waals surface area contributed by atoms with Crippen LogP contribution in [0, 0.1) is 0 Å². The van der Waals surface area contributed by atoms with Crippen LogP contribution in [0.15, 0.2) is 24.5 Å². The Morgan fingerprint density at radius 3 is 2.92 bits per heavy atom. The second-order valence-electron chi connectivity index (χ2n) is 5.59. The maximum Gasteiger partial charge on any atom is 0.418 e. The summed E-state index contributed by atoms with van der Waals surface area (Å²) in [6.07, 6.45) is 4.02. The van der Waals surface area contributed by atoms with Crippen molar-refractivity contribution in [2.45, 2.75) is 31.5 Å². The lowest BCUT2D eigenvalue weighted by atomic mass is 10.0. The molecule has 2 fully saturated rings. The molecule has 1 aromatic heterocycles. The molecule has 2 aliphatic heterocycles. The van der Waals surface area contributed by atoms with Crippen LogP contribution in [0.1, 0.15) is 18.4 Å². The fourth-order valence-corrected chi connectivity index (χ4v) is 3.30. The molecule has 3 amide bonds. The lowest BCUT2D eigenvalue weighted by molar-refractivity contribution is -0.126. The minimum absolute atomic E-state index is 0.166. The van der Waals surface area contributed by atoms with E-state index in [0.29, 0.717) is 17.9 Å². The summed E-state index contributed by atoms with van der Waals surface area (Å²) in [7, 11) is -4.79. The molecule has 2 aliphatic rings. The van der Waals surface area contributed by atoms with Crippen molar-refractivity contribution in [1.82, 2.24) is 20.3 Å². The van der Waals surface area contributed by atoms with Gasteiger partial charge in [0.25, 0.3) is 0 Å². The third-order valence-corrected chi connectivity index (χ3v) is 4.34. The maximum absolute atomic E-state index is 12.3. The number of urea groups is 1. The van der Waals surface area contributed by atoms with Crippen molar-refractivity contribution >= 4 is 22.3 Å². The number of carbonyl (C=O) groups is 2. The van der Waals surface area contributed by atoms with E-state index < -0.39 is 28.5 Å². The third-order valence-electron chi connectivity index (χ3n) is 3.99. The first kappa shape index (κ1) is 16.6. The summed E-state index contributed by atoms with van der Waals surface area (Å²) < 4.78 is 34.7. The van der Waals surface area contributed by atoms with E-state index in [0.717, 1.165) is 5.56 Å². The number of hydrogen-bond donors (Lipinski definition) is 2. The molecule has 24 heavy (non-hydrogen) atoms. The number of hydrogen-bond acceptors (Lipinski definition) is 6. The average molecular weight is 356 g/mol. The number of pyridine rings is 1. The van der Waals surface area contributed by atoms with Crippen LogP contribution in [0.5, 0.6) is 0 Å². The molecular formula is C13H16N4O6S. The summed E-state index contributed by atoms with van der Waals surface area (Å²) in [6, 6.07) is 1.59. The van der Waals surface area contributed by atoms with E-state index >= 15 is 0 Å². The highest BCUT2D eigenvalue weighted by molar-refractivity contribution is 7.80. The van der Waals surface area contributed by atoms with E-state index in [1.807, 2.05) is 6.07 Å². The van der Waals surface area contributed by atoms with Gasteiger partial charge in [0.05, 0.1) is 6.04 Å². The molecule has 0 spiro atoms. The number of fused-ring (bicyclic) bond motifs is 2. The molecule has 2 N–H and O–H groups in total. The largest absolute Gasteiger partial charge is 0.418 e. The van der Waals surface area contributed by atoms with Gasteiger partial charge in [-0.05, 0) is 24.5 Å². The monoisotopic (exact) mass is 356 g/mol. The number of aromatic nitrogens is 1. The summed E-state index contributed by atoms with van der Waals surface area (Å²) in [5.74, 6) is -0.334.